The first-order valence-corrected chi connectivity index (χ1v) is 11.6. The summed E-state index contributed by atoms with van der Waals surface area (Å²) >= 11 is 0. The molecule has 4 rings (SSSR count). The fourth-order valence-electron chi connectivity index (χ4n) is 4.85. The minimum atomic E-state index is 0.126. The summed E-state index contributed by atoms with van der Waals surface area (Å²) in [6.07, 6.45) is 8.70. The molecule has 0 aromatic heterocycles. The predicted octanol–water partition coefficient (Wildman–Crippen LogP) is 8.58. The lowest BCUT2D eigenvalue weighted by Gasteiger charge is -2.28. The molecule has 1 unspecified atom stereocenters. The van der Waals surface area contributed by atoms with Gasteiger partial charge in [0.15, 0.2) is 0 Å². The average molecular weight is 411 g/mol. The Bertz CT molecular complexity index is 958. The van der Waals surface area contributed by atoms with E-state index in [0.717, 1.165) is 11.8 Å². The zero-order valence-corrected chi connectivity index (χ0v) is 18.9. The lowest BCUT2D eigenvalue weighted by Crippen LogP contribution is -2.12. The molecule has 0 heterocycles. The highest BCUT2D eigenvalue weighted by atomic mass is 16.5. The van der Waals surface area contributed by atoms with Crippen molar-refractivity contribution in [2.75, 3.05) is 7.11 Å². The third-order valence-electron chi connectivity index (χ3n) is 7.01. The third-order valence-corrected chi connectivity index (χ3v) is 7.01. The number of methoxy groups -OCH3 is 1. The summed E-state index contributed by atoms with van der Waals surface area (Å²) in [5.74, 6) is 1.58. The van der Waals surface area contributed by atoms with Crippen molar-refractivity contribution >= 4 is 0 Å². The summed E-state index contributed by atoms with van der Waals surface area (Å²) in [6, 6.07) is 26.8. The fraction of sp³-hybridized carbons (Fsp3) is 0.333. The zero-order chi connectivity index (χ0) is 21.6. The van der Waals surface area contributed by atoms with Gasteiger partial charge >= 0.3 is 0 Å². The smallest absolute Gasteiger partial charge is 0.0793 e. The molecule has 3 aromatic rings. The number of ether oxygens (including phenoxy) is 1. The molecule has 1 nitrogen and oxygen atoms in total. The number of allylic oxidation sites excluding steroid dienone is 1. The quantitative estimate of drug-likeness (QED) is 0.354. The van der Waals surface area contributed by atoms with E-state index in [-0.39, 0.29) is 6.10 Å². The summed E-state index contributed by atoms with van der Waals surface area (Å²) in [5.41, 5.74) is 7.75. The molecule has 0 bridgehead atoms. The van der Waals surface area contributed by atoms with Crippen LogP contribution in [0.2, 0.25) is 0 Å². The van der Waals surface area contributed by atoms with Crippen molar-refractivity contribution in [1.82, 2.24) is 0 Å². The monoisotopic (exact) mass is 410 g/mol. The first-order chi connectivity index (χ1) is 15.2. The Labute approximate surface area is 187 Å². The van der Waals surface area contributed by atoms with Gasteiger partial charge in [-0.15, -0.1) is 6.58 Å². The van der Waals surface area contributed by atoms with Crippen LogP contribution in [0.5, 0.6) is 0 Å². The van der Waals surface area contributed by atoms with Crippen LogP contribution in [0.15, 0.2) is 85.5 Å². The van der Waals surface area contributed by atoms with Gasteiger partial charge in [0, 0.05) is 7.11 Å². The van der Waals surface area contributed by atoms with Crippen molar-refractivity contribution in [3.63, 3.8) is 0 Å². The fourth-order valence-corrected chi connectivity index (χ4v) is 4.85. The van der Waals surface area contributed by atoms with Crippen molar-refractivity contribution in [2.45, 2.75) is 51.0 Å². The highest BCUT2D eigenvalue weighted by Gasteiger charge is 2.21. The van der Waals surface area contributed by atoms with Gasteiger partial charge in [0.1, 0.15) is 0 Å². The van der Waals surface area contributed by atoms with Crippen LogP contribution < -0.4 is 0 Å². The second-order valence-corrected chi connectivity index (χ2v) is 8.94. The number of hydrogen-bond acceptors (Lipinski definition) is 1. The summed E-state index contributed by atoms with van der Waals surface area (Å²) < 4.78 is 5.40. The Morgan fingerprint density at radius 3 is 1.68 bits per heavy atom. The van der Waals surface area contributed by atoms with E-state index >= 15 is 0 Å². The lowest BCUT2D eigenvalue weighted by atomic mass is 9.77. The maximum Gasteiger partial charge on any atom is 0.0793 e. The van der Waals surface area contributed by atoms with Crippen molar-refractivity contribution in [1.29, 1.82) is 0 Å². The van der Waals surface area contributed by atoms with Crippen LogP contribution >= 0.6 is 0 Å². The largest absolute Gasteiger partial charge is 0.377 e. The van der Waals surface area contributed by atoms with Gasteiger partial charge in [-0.05, 0) is 84.2 Å². The molecule has 0 aliphatic heterocycles. The molecule has 1 aliphatic carbocycles. The summed E-state index contributed by atoms with van der Waals surface area (Å²) in [6.45, 7) is 5.97. The van der Waals surface area contributed by atoms with Crippen molar-refractivity contribution in [3.8, 4) is 22.3 Å². The Kier molecular flexibility index (Phi) is 7.04. The molecule has 0 amide bonds. The molecule has 1 atom stereocenters. The maximum atomic E-state index is 5.40. The zero-order valence-electron chi connectivity index (χ0n) is 18.9. The van der Waals surface area contributed by atoms with E-state index in [2.05, 4.69) is 92.4 Å². The molecule has 3 aromatic carbocycles. The third kappa shape index (κ3) is 5.17. The first-order valence-electron chi connectivity index (χ1n) is 11.6. The maximum absolute atomic E-state index is 5.40. The van der Waals surface area contributed by atoms with E-state index in [1.807, 2.05) is 0 Å². The van der Waals surface area contributed by atoms with Crippen LogP contribution in [-0.4, -0.2) is 7.11 Å². The molecular weight excluding hydrogens is 376 g/mol. The van der Waals surface area contributed by atoms with E-state index in [1.165, 1.54) is 65.5 Å². The van der Waals surface area contributed by atoms with Gasteiger partial charge in [-0.1, -0.05) is 78.9 Å². The topological polar surface area (TPSA) is 9.23 Å². The van der Waals surface area contributed by atoms with Crippen LogP contribution in [0, 0.1) is 5.92 Å². The van der Waals surface area contributed by atoms with E-state index in [0.29, 0.717) is 0 Å². The molecule has 1 aliphatic rings. The summed E-state index contributed by atoms with van der Waals surface area (Å²) in [5, 5.41) is 0. The molecule has 0 saturated heterocycles. The molecule has 31 heavy (non-hydrogen) atoms. The Hall–Kier alpha value is -2.64. The molecule has 160 valence electrons. The average Bonchev–Trinajstić information content (AvgIpc) is 2.85. The second kappa shape index (κ2) is 10.1. The highest BCUT2D eigenvalue weighted by Crippen LogP contribution is 2.37. The summed E-state index contributed by atoms with van der Waals surface area (Å²) in [4.78, 5) is 0. The SMILES string of the molecule is C=CC[C@H]1CC[C@H](c2ccc(-c3ccc(-c4ccc(C(C)OC)cc4)cc3)cc2)CC1. The normalized spacial score (nSPS) is 19.7. The van der Waals surface area contributed by atoms with E-state index in [9.17, 15) is 0 Å². The minimum absolute atomic E-state index is 0.126. The molecule has 0 spiro atoms. The molecule has 1 fully saturated rings. The van der Waals surface area contributed by atoms with Crippen molar-refractivity contribution in [2.24, 2.45) is 5.92 Å². The van der Waals surface area contributed by atoms with Crippen molar-refractivity contribution in [3.05, 3.63) is 96.6 Å². The van der Waals surface area contributed by atoms with Gasteiger partial charge in [0.25, 0.3) is 0 Å². The van der Waals surface area contributed by atoms with Gasteiger partial charge in [0.2, 0.25) is 0 Å². The second-order valence-electron chi connectivity index (χ2n) is 8.94. The van der Waals surface area contributed by atoms with Gasteiger partial charge in [0.05, 0.1) is 6.10 Å². The van der Waals surface area contributed by atoms with E-state index < -0.39 is 0 Å². The van der Waals surface area contributed by atoms with Crippen LogP contribution in [0.1, 0.15) is 62.2 Å². The Balaban J connectivity index is 1.42. The number of rotatable bonds is 7. The van der Waals surface area contributed by atoms with Gasteiger partial charge in [-0.3, -0.25) is 0 Å². The molecule has 1 saturated carbocycles. The molecule has 0 N–H and O–H groups in total. The standard InChI is InChI=1S/C30H34O/c1-4-5-23-6-8-25(9-7-23)27-14-16-29(17-15-27)30-20-18-28(19-21-30)26-12-10-24(11-13-26)22(2)31-3/h4,10-23,25H,1,5-9H2,2-3H3/t22?,23-,25-. The first kappa shape index (κ1) is 21.6. The minimum Gasteiger partial charge on any atom is -0.377 e. The van der Waals surface area contributed by atoms with Gasteiger partial charge in [-0.25, -0.2) is 0 Å². The van der Waals surface area contributed by atoms with Gasteiger partial charge in [-0.2, -0.15) is 0 Å². The highest BCUT2D eigenvalue weighted by molar-refractivity contribution is 5.70. The Morgan fingerprint density at radius 2 is 1.23 bits per heavy atom. The molecule has 1 heteroatoms. The van der Waals surface area contributed by atoms with Crippen molar-refractivity contribution < 1.29 is 4.74 Å². The number of benzene rings is 3. The van der Waals surface area contributed by atoms with Crippen LogP contribution in [0.3, 0.4) is 0 Å². The van der Waals surface area contributed by atoms with Crippen LogP contribution in [-0.2, 0) is 4.74 Å². The van der Waals surface area contributed by atoms with Gasteiger partial charge < -0.3 is 4.74 Å². The van der Waals surface area contributed by atoms with E-state index in [1.54, 1.807) is 7.11 Å². The summed E-state index contributed by atoms with van der Waals surface area (Å²) in [7, 11) is 1.75. The van der Waals surface area contributed by atoms with Crippen LogP contribution in [0.25, 0.3) is 22.3 Å². The Morgan fingerprint density at radius 1 is 0.774 bits per heavy atom. The van der Waals surface area contributed by atoms with E-state index in [4.69, 9.17) is 4.74 Å². The lowest BCUT2D eigenvalue weighted by molar-refractivity contribution is 0.119. The van der Waals surface area contributed by atoms with Crippen LogP contribution in [0.4, 0.5) is 0 Å². The molecule has 0 radical (unpaired) electrons. The number of hydrogen-bond donors (Lipinski definition) is 0. The predicted molar refractivity (Wildman–Crippen MR) is 132 cm³/mol. The molecular formula is C30H34O.